The Morgan fingerprint density at radius 2 is 1.76 bits per heavy atom. The summed E-state index contributed by atoms with van der Waals surface area (Å²) in [5, 5.41) is 0. The van der Waals surface area contributed by atoms with Gasteiger partial charge in [0, 0.05) is 24.3 Å². The molecule has 180 valence electrons. The molecule has 2 aromatic rings. The Bertz CT molecular complexity index is 1110. The SMILES string of the molecule is CCOCN(c1cc(B2OC(C)(C)C(C)(C)O2)cnc1OC)S(=O)(=O)c1ccc(F)cc1F. The summed E-state index contributed by atoms with van der Waals surface area (Å²) in [4.78, 5) is 3.50. The number of pyridine rings is 1. The molecule has 2 heterocycles. The van der Waals surface area contributed by atoms with E-state index in [-0.39, 0.29) is 18.2 Å². The van der Waals surface area contributed by atoms with Crippen LogP contribution in [0.1, 0.15) is 34.6 Å². The fraction of sp³-hybridized carbons (Fsp3) is 0.476. The molecule has 12 heteroatoms. The molecular formula is C21H27BF2N2O6S. The first kappa shape index (κ1) is 25.3. The zero-order valence-electron chi connectivity index (χ0n) is 19.4. The van der Waals surface area contributed by atoms with Crippen LogP contribution in [-0.2, 0) is 24.1 Å². The third-order valence-electron chi connectivity index (χ3n) is 5.72. The van der Waals surface area contributed by atoms with Crippen LogP contribution in [-0.4, -0.2) is 52.2 Å². The van der Waals surface area contributed by atoms with Crippen LogP contribution < -0.4 is 14.5 Å². The smallest absolute Gasteiger partial charge is 0.479 e. The molecule has 0 amide bonds. The second-order valence-corrected chi connectivity index (χ2v) is 10.3. The van der Waals surface area contributed by atoms with Gasteiger partial charge in [-0.2, -0.15) is 0 Å². The standard InChI is InChI=1S/C21H27BF2N2O6S/c1-7-30-13-26(33(27,28)18-9-8-15(23)11-16(18)24)17-10-14(12-25-19(17)29-6)22-31-20(2,3)21(4,5)32-22/h8-12H,7,13H2,1-6H3. The van der Waals surface area contributed by atoms with Crippen molar-refractivity contribution in [3.05, 3.63) is 42.1 Å². The number of ether oxygens (including phenoxy) is 2. The fourth-order valence-electron chi connectivity index (χ4n) is 3.15. The number of sulfonamides is 1. The molecule has 1 aliphatic heterocycles. The van der Waals surface area contributed by atoms with E-state index in [4.69, 9.17) is 18.8 Å². The van der Waals surface area contributed by atoms with Crippen LogP contribution in [0.3, 0.4) is 0 Å². The average molecular weight is 484 g/mol. The number of aromatic nitrogens is 1. The molecular weight excluding hydrogens is 457 g/mol. The highest BCUT2D eigenvalue weighted by Gasteiger charge is 2.52. The number of methoxy groups -OCH3 is 1. The van der Waals surface area contributed by atoms with Gasteiger partial charge in [-0.05, 0) is 52.8 Å². The molecule has 0 saturated carbocycles. The number of hydrogen-bond donors (Lipinski definition) is 0. The van der Waals surface area contributed by atoms with Crippen molar-refractivity contribution < 1.29 is 36.0 Å². The summed E-state index contributed by atoms with van der Waals surface area (Å²) >= 11 is 0. The summed E-state index contributed by atoms with van der Waals surface area (Å²) in [7, 11) is -4.03. The predicted molar refractivity (Wildman–Crippen MR) is 119 cm³/mol. The van der Waals surface area contributed by atoms with Crippen LogP contribution in [0.15, 0.2) is 35.4 Å². The molecule has 1 aliphatic rings. The lowest BCUT2D eigenvalue weighted by atomic mass is 9.80. The van der Waals surface area contributed by atoms with E-state index in [9.17, 15) is 17.2 Å². The van der Waals surface area contributed by atoms with Crippen molar-refractivity contribution in [1.29, 1.82) is 0 Å². The molecule has 33 heavy (non-hydrogen) atoms. The first-order valence-electron chi connectivity index (χ1n) is 10.3. The topological polar surface area (TPSA) is 87.2 Å². The van der Waals surface area contributed by atoms with Crippen LogP contribution in [0, 0.1) is 11.6 Å². The molecule has 0 atom stereocenters. The maximum absolute atomic E-state index is 14.4. The van der Waals surface area contributed by atoms with E-state index in [1.54, 1.807) is 6.92 Å². The lowest BCUT2D eigenvalue weighted by molar-refractivity contribution is 0.00578. The summed E-state index contributed by atoms with van der Waals surface area (Å²) in [5.74, 6) is -2.17. The largest absolute Gasteiger partial charge is 0.496 e. The third-order valence-corrected chi connectivity index (χ3v) is 7.48. The molecule has 0 unspecified atom stereocenters. The quantitative estimate of drug-likeness (QED) is 0.421. The van der Waals surface area contributed by atoms with Gasteiger partial charge in [-0.25, -0.2) is 26.5 Å². The highest BCUT2D eigenvalue weighted by Crippen LogP contribution is 2.37. The Balaban J connectivity index is 2.12. The van der Waals surface area contributed by atoms with Gasteiger partial charge >= 0.3 is 7.12 Å². The molecule has 1 fully saturated rings. The maximum Gasteiger partial charge on any atom is 0.496 e. The van der Waals surface area contributed by atoms with Crippen molar-refractivity contribution in [2.45, 2.75) is 50.7 Å². The highest BCUT2D eigenvalue weighted by molar-refractivity contribution is 7.92. The molecule has 1 saturated heterocycles. The molecule has 0 N–H and O–H groups in total. The number of nitrogens with zero attached hydrogens (tertiary/aromatic N) is 2. The average Bonchev–Trinajstić information content (AvgIpc) is 2.94. The molecule has 0 spiro atoms. The maximum atomic E-state index is 14.4. The van der Waals surface area contributed by atoms with E-state index in [1.165, 1.54) is 19.4 Å². The Hall–Kier alpha value is -2.28. The van der Waals surface area contributed by atoms with Crippen LogP contribution in [0.2, 0.25) is 0 Å². The second kappa shape index (κ2) is 9.17. The number of hydrogen-bond acceptors (Lipinski definition) is 7. The van der Waals surface area contributed by atoms with Gasteiger partial charge in [-0.3, -0.25) is 0 Å². The van der Waals surface area contributed by atoms with Gasteiger partial charge in [0.25, 0.3) is 10.0 Å². The number of rotatable bonds is 8. The zero-order chi connectivity index (χ0) is 24.6. The Morgan fingerprint density at radius 1 is 1.12 bits per heavy atom. The lowest BCUT2D eigenvalue weighted by Crippen LogP contribution is -2.41. The summed E-state index contributed by atoms with van der Waals surface area (Å²) in [6.07, 6.45) is 1.45. The first-order chi connectivity index (χ1) is 15.3. The second-order valence-electron chi connectivity index (χ2n) is 8.44. The molecule has 1 aromatic heterocycles. The Labute approximate surface area is 193 Å². The van der Waals surface area contributed by atoms with Crippen molar-refractivity contribution >= 4 is 28.3 Å². The van der Waals surface area contributed by atoms with E-state index in [0.717, 1.165) is 16.4 Å². The van der Waals surface area contributed by atoms with Crippen LogP contribution >= 0.6 is 0 Å². The normalized spacial score (nSPS) is 17.3. The Kier molecular flexibility index (Phi) is 7.04. The van der Waals surface area contributed by atoms with E-state index in [1.807, 2.05) is 27.7 Å². The van der Waals surface area contributed by atoms with Crippen molar-refractivity contribution in [1.82, 2.24) is 4.98 Å². The molecule has 0 aliphatic carbocycles. The third kappa shape index (κ3) is 4.84. The first-order valence-corrected chi connectivity index (χ1v) is 11.7. The van der Waals surface area contributed by atoms with Crippen LogP contribution in [0.25, 0.3) is 0 Å². The molecule has 8 nitrogen and oxygen atoms in total. The van der Waals surface area contributed by atoms with Gasteiger partial charge in [0.15, 0.2) is 0 Å². The summed E-state index contributed by atoms with van der Waals surface area (Å²) < 4.78 is 78.2. The highest BCUT2D eigenvalue weighted by atomic mass is 32.2. The van der Waals surface area contributed by atoms with Crippen molar-refractivity contribution in [3.63, 3.8) is 0 Å². The molecule has 1 aromatic carbocycles. The van der Waals surface area contributed by atoms with Gasteiger partial charge in [-0.1, -0.05) is 0 Å². The van der Waals surface area contributed by atoms with Crippen LogP contribution in [0.4, 0.5) is 14.5 Å². The van der Waals surface area contributed by atoms with Gasteiger partial charge in [-0.15, -0.1) is 0 Å². The summed E-state index contributed by atoms with van der Waals surface area (Å²) in [5.41, 5.74) is -0.847. The minimum atomic E-state index is -4.53. The van der Waals surface area contributed by atoms with E-state index in [0.29, 0.717) is 11.5 Å². The van der Waals surface area contributed by atoms with Gasteiger partial charge in [0.2, 0.25) is 5.88 Å². The molecule has 0 radical (unpaired) electrons. The minimum Gasteiger partial charge on any atom is -0.479 e. The van der Waals surface area contributed by atoms with E-state index < -0.39 is 51.6 Å². The lowest BCUT2D eigenvalue weighted by Gasteiger charge is -2.32. The monoisotopic (exact) mass is 484 g/mol. The van der Waals surface area contributed by atoms with Crippen molar-refractivity contribution in [2.75, 3.05) is 24.8 Å². The van der Waals surface area contributed by atoms with Gasteiger partial charge < -0.3 is 18.8 Å². The number of benzene rings is 1. The molecule has 3 rings (SSSR count). The minimum absolute atomic E-state index is 0.0121. The van der Waals surface area contributed by atoms with Gasteiger partial charge in [0.1, 0.15) is 28.9 Å². The van der Waals surface area contributed by atoms with E-state index >= 15 is 0 Å². The predicted octanol–water partition coefficient (Wildman–Crippen LogP) is 2.86. The zero-order valence-corrected chi connectivity index (χ0v) is 20.2. The fourth-order valence-corrected chi connectivity index (χ4v) is 4.53. The number of anilines is 1. The molecule has 0 bridgehead atoms. The van der Waals surface area contributed by atoms with E-state index in [2.05, 4.69) is 4.98 Å². The van der Waals surface area contributed by atoms with Gasteiger partial charge in [0.05, 0.1) is 18.3 Å². The summed E-state index contributed by atoms with van der Waals surface area (Å²) in [6.45, 7) is 8.94. The Morgan fingerprint density at radius 3 is 2.30 bits per heavy atom. The number of halogens is 2. The summed E-state index contributed by atoms with van der Waals surface area (Å²) in [6, 6.07) is 3.70. The van der Waals surface area contributed by atoms with Crippen molar-refractivity contribution in [2.24, 2.45) is 0 Å². The van der Waals surface area contributed by atoms with Crippen molar-refractivity contribution in [3.8, 4) is 5.88 Å². The van der Waals surface area contributed by atoms with Crippen LogP contribution in [0.5, 0.6) is 5.88 Å².